The van der Waals surface area contributed by atoms with Gasteiger partial charge in [-0.25, -0.2) is 4.98 Å². The number of hydrogen-bond donors (Lipinski definition) is 2. The highest BCUT2D eigenvalue weighted by atomic mass is 32.2. The van der Waals surface area contributed by atoms with Crippen molar-refractivity contribution in [2.45, 2.75) is 10.1 Å². The third-order valence-corrected chi connectivity index (χ3v) is 6.56. The number of benzene rings is 3. The van der Waals surface area contributed by atoms with Gasteiger partial charge in [0, 0.05) is 21.5 Å². The topological polar surface area (TPSA) is 77.2 Å². The number of thioether (sulfide) groups is 1. The van der Waals surface area contributed by atoms with E-state index in [9.17, 15) is 4.79 Å². The summed E-state index contributed by atoms with van der Waals surface area (Å²) < 4.78 is 5.29. The predicted molar refractivity (Wildman–Crippen MR) is 129 cm³/mol. The summed E-state index contributed by atoms with van der Waals surface area (Å²) in [5, 5.41) is 5.02. The number of nitrogens with one attached hydrogen (secondary N) is 1. The zero-order chi connectivity index (χ0) is 21.6. The summed E-state index contributed by atoms with van der Waals surface area (Å²) in [5.41, 5.74) is 9.23. The summed E-state index contributed by atoms with van der Waals surface area (Å²) in [5.74, 6) is 0.629. The molecule has 0 aliphatic rings. The fraction of sp³-hybridized carbons (Fsp3) is 0.0833. The summed E-state index contributed by atoms with van der Waals surface area (Å²) in [6, 6.07) is 24.9. The minimum absolute atomic E-state index is 0.134. The molecule has 1 aromatic heterocycles. The maximum absolute atomic E-state index is 13.2. The molecule has 4 rings (SSSR count). The summed E-state index contributed by atoms with van der Waals surface area (Å²) in [7, 11) is 1.63. The molecular formula is C24H21N3O2S2. The van der Waals surface area contributed by atoms with Gasteiger partial charge in [0.25, 0.3) is 0 Å². The molecule has 5 nitrogen and oxygen atoms in total. The first-order chi connectivity index (χ1) is 15.1. The number of nitrogen functional groups attached to an aromatic ring is 1. The van der Waals surface area contributed by atoms with Gasteiger partial charge in [0.05, 0.1) is 12.8 Å². The highest BCUT2D eigenvalue weighted by molar-refractivity contribution is 8.00. The number of amides is 1. The van der Waals surface area contributed by atoms with Gasteiger partial charge >= 0.3 is 0 Å². The molecule has 1 unspecified atom stereocenters. The molecule has 3 N–H and O–H groups in total. The van der Waals surface area contributed by atoms with Gasteiger partial charge in [0.2, 0.25) is 5.91 Å². The second kappa shape index (κ2) is 9.68. The van der Waals surface area contributed by atoms with Gasteiger partial charge in [-0.3, -0.25) is 4.79 Å². The first-order valence-electron chi connectivity index (χ1n) is 9.60. The molecule has 0 bridgehead atoms. The monoisotopic (exact) mass is 447 g/mol. The fourth-order valence-electron chi connectivity index (χ4n) is 3.04. The highest BCUT2D eigenvalue weighted by Crippen LogP contribution is 2.37. The molecule has 7 heteroatoms. The van der Waals surface area contributed by atoms with Gasteiger partial charge in [-0.15, -0.1) is 23.1 Å². The lowest BCUT2D eigenvalue weighted by Gasteiger charge is -2.16. The first kappa shape index (κ1) is 21.0. The summed E-state index contributed by atoms with van der Waals surface area (Å²) in [4.78, 5) is 18.8. The standard InChI is InChI=1S/C24H21N3O2S2/c1-29-19-11-5-9-17(13-19)21-15-30-24(26-21)27-23(28)22(16-7-3-2-4-8-16)31-20-12-6-10-18(25)14-20/h2-15,22H,25H2,1H3,(H,26,27,28). The van der Waals surface area contributed by atoms with E-state index < -0.39 is 5.25 Å². The minimum atomic E-state index is -0.438. The Bertz CT molecular complexity index is 1180. The summed E-state index contributed by atoms with van der Waals surface area (Å²) in [6.45, 7) is 0. The number of nitrogens with zero attached hydrogens (tertiary/aromatic N) is 1. The molecule has 156 valence electrons. The third kappa shape index (κ3) is 5.25. The van der Waals surface area contributed by atoms with Crippen LogP contribution in [0.25, 0.3) is 11.3 Å². The van der Waals surface area contributed by atoms with Crippen molar-refractivity contribution in [1.29, 1.82) is 0 Å². The van der Waals surface area contributed by atoms with Crippen LogP contribution in [0.3, 0.4) is 0 Å². The smallest absolute Gasteiger partial charge is 0.244 e. The number of rotatable bonds is 7. The average Bonchev–Trinajstić information content (AvgIpc) is 3.26. The number of nitrogens with two attached hydrogens (primary N) is 1. The van der Waals surface area contributed by atoms with Crippen molar-refractivity contribution in [2.75, 3.05) is 18.2 Å². The molecule has 3 aromatic carbocycles. The van der Waals surface area contributed by atoms with Crippen LogP contribution in [0.2, 0.25) is 0 Å². The average molecular weight is 448 g/mol. The predicted octanol–water partition coefficient (Wildman–Crippen LogP) is 5.87. The van der Waals surface area contributed by atoms with Crippen molar-refractivity contribution >= 4 is 39.8 Å². The van der Waals surface area contributed by atoms with Crippen LogP contribution in [0.15, 0.2) is 89.1 Å². The van der Waals surface area contributed by atoms with Crippen LogP contribution in [-0.4, -0.2) is 18.0 Å². The number of anilines is 2. The van der Waals surface area contributed by atoms with E-state index >= 15 is 0 Å². The highest BCUT2D eigenvalue weighted by Gasteiger charge is 2.23. The second-order valence-electron chi connectivity index (χ2n) is 6.74. The zero-order valence-electron chi connectivity index (χ0n) is 16.8. The Morgan fingerprint density at radius 3 is 2.65 bits per heavy atom. The Hall–Kier alpha value is -3.29. The lowest BCUT2D eigenvalue weighted by atomic mass is 10.1. The summed E-state index contributed by atoms with van der Waals surface area (Å²) >= 11 is 2.85. The van der Waals surface area contributed by atoms with Gasteiger partial charge in [-0.05, 0) is 35.9 Å². The maximum atomic E-state index is 13.2. The van der Waals surface area contributed by atoms with Crippen molar-refractivity contribution in [3.8, 4) is 17.0 Å². The Labute approximate surface area is 189 Å². The Balaban J connectivity index is 1.56. The SMILES string of the molecule is COc1cccc(-c2csc(NC(=O)C(Sc3cccc(N)c3)c3ccccc3)n2)c1. The van der Waals surface area contributed by atoms with Crippen LogP contribution < -0.4 is 15.8 Å². The van der Waals surface area contributed by atoms with Gasteiger partial charge in [0.1, 0.15) is 11.0 Å². The largest absolute Gasteiger partial charge is 0.497 e. The van der Waals surface area contributed by atoms with Crippen molar-refractivity contribution in [1.82, 2.24) is 4.98 Å². The molecule has 1 amide bonds. The number of ether oxygens (including phenoxy) is 1. The van der Waals surface area contributed by atoms with Gasteiger partial charge in [0.15, 0.2) is 5.13 Å². The third-order valence-electron chi connectivity index (χ3n) is 4.55. The van der Waals surface area contributed by atoms with Crippen LogP contribution in [0.4, 0.5) is 10.8 Å². The van der Waals surface area contributed by atoms with Crippen molar-refractivity contribution in [3.63, 3.8) is 0 Å². The van der Waals surface area contributed by atoms with Crippen LogP contribution in [0.1, 0.15) is 10.8 Å². The van der Waals surface area contributed by atoms with Gasteiger partial charge in [-0.1, -0.05) is 48.5 Å². The molecule has 0 radical (unpaired) electrons. The van der Waals surface area contributed by atoms with E-state index in [0.29, 0.717) is 10.8 Å². The molecule has 0 aliphatic heterocycles. The van der Waals surface area contributed by atoms with Crippen LogP contribution in [0.5, 0.6) is 5.75 Å². The zero-order valence-corrected chi connectivity index (χ0v) is 18.5. The van der Waals surface area contributed by atoms with Crippen molar-refractivity contribution in [2.24, 2.45) is 0 Å². The number of methoxy groups -OCH3 is 1. The van der Waals surface area contributed by atoms with E-state index in [2.05, 4.69) is 10.3 Å². The normalized spacial score (nSPS) is 11.6. The van der Waals surface area contributed by atoms with E-state index in [1.165, 1.54) is 23.1 Å². The molecule has 0 spiro atoms. The Morgan fingerprint density at radius 1 is 1.06 bits per heavy atom. The second-order valence-corrected chi connectivity index (χ2v) is 8.78. The van der Waals surface area contributed by atoms with E-state index in [1.807, 2.05) is 84.2 Å². The molecule has 0 saturated heterocycles. The quantitative estimate of drug-likeness (QED) is 0.274. The summed E-state index contributed by atoms with van der Waals surface area (Å²) in [6.07, 6.45) is 0. The molecule has 0 fully saturated rings. The number of carbonyl (C=O) groups is 1. The number of hydrogen-bond acceptors (Lipinski definition) is 6. The molecule has 1 heterocycles. The minimum Gasteiger partial charge on any atom is -0.497 e. The number of thiazole rings is 1. The lowest BCUT2D eigenvalue weighted by Crippen LogP contribution is -2.19. The molecule has 0 saturated carbocycles. The van der Waals surface area contributed by atoms with Crippen LogP contribution in [0, 0.1) is 0 Å². The van der Waals surface area contributed by atoms with E-state index in [-0.39, 0.29) is 5.91 Å². The van der Waals surface area contributed by atoms with Crippen molar-refractivity contribution in [3.05, 3.63) is 89.8 Å². The van der Waals surface area contributed by atoms with E-state index in [4.69, 9.17) is 10.5 Å². The van der Waals surface area contributed by atoms with Crippen molar-refractivity contribution < 1.29 is 9.53 Å². The molecular weight excluding hydrogens is 426 g/mol. The molecule has 31 heavy (non-hydrogen) atoms. The van der Waals surface area contributed by atoms with Gasteiger partial charge in [-0.2, -0.15) is 0 Å². The number of carbonyl (C=O) groups excluding carboxylic acids is 1. The molecule has 1 atom stereocenters. The van der Waals surface area contributed by atoms with E-state index in [1.54, 1.807) is 7.11 Å². The van der Waals surface area contributed by atoms with Crippen LogP contribution in [-0.2, 0) is 4.79 Å². The molecule has 0 aliphatic carbocycles. The maximum Gasteiger partial charge on any atom is 0.244 e. The van der Waals surface area contributed by atoms with Gasteiger partial charge < -0.3 is 15.8 Å². The lowest BCUT2D eigenvalue weighted by molar-refractivity contribution is -0.115. The Morgan fingerprint density at radius 2 is 1.87 bits per heavy atom. The molecule has 4 aromatic rings. The number of aromatic nitrogens is 1. The van der Waals surface area contributed by atoms with Crippen LogP contribution >= 0.6 is 23.1 Å². The fourth-order valence-corrected chi connectivity index (χ4v) is 4.86. The van der Waals surface area contributed by atoms with E-state index in [0.717, 1.165) is 27.5 Å². The first-order valence-corrected chi connectivity index (χ1v) is 11.4. The Kier molecular flexibility index (Phi) is 6.54.